The minimum absolute atomic E-state index is 0.269. The molecule has 0 aliphatic rings. The molecule has 0 aliphatic carbocycles. The Kier molecular flexibility index (Phi) is 6.66. The predicted octanol–water partition coefficient (Wildman–Crippen LogP) is 2.88. The summed E-state index contributed by atoms with van der Waals surface area (Å²) in [7, 11) is 1.38. The van der Waals surface area contributed by atoms with Crippen molar-refractivity contribution in [3.63, 3.8) is 0 Å². The van der Waals surface area contributed by atoms with Crippen molar-refractivity contribution in [2.45, 2.75) is 19.4 Å². The fraction of sp³-hybridized carbons (Fsp3) is 0.263. The number of hydrogen-bond donors (Lipinski definition) is 1. The fourth-order valence-electron chi connectivity index (χ4n) is 2.19. The monoisotopic (exact) mass is 363 g/mol. The first-order chi connectivity index (χ1) is 12.4. The van der Waals surface area contributed by atoms with Crippen LogP contribution in [0.25, 0.3) is 0 Å². The van der Waals surface area contributed by atoms with Gasteiger partial charge in [0.25, 0.3) is 5.91 Å². The fourth-order valence-corrected chi connectivity index (χ4v) is 2.19. The van der Waals surface area contributed by atoms with E-state index >= 15 is 0 Å². The standard InChI is InChI=1S/C19H19F2NO4/c1-12(18(23)22-10-9-13-3-5-14(20)6-4-13)26-19(24)16-8-7-15(25-2)11-17(16)21/h3-8,11-12H,9-10H2,1-2H3,(H,22,23). The van der Waals surface area contributed by atoms with Crippen molar-refractivity contribution >= 4 is 11.9 Å². The first-order valence-corrected chi connectivity index (χ1v) is 7.97. The Morgan fingerprint density at radius 2 is 1.81 bits per heavy atom. The van der Waals surface area contributed by atoms with Gasteiger partial charge in [-0.25, -0.2) is 13.6 Å². The number of rotatable bonds is 7. The van der Waals surface area contributed by atoms with Gasteiger partial charge in [0.1, 0.15) is 17.4 Å². The molecule has 0 saturated carbocycles. The van der Waals surface area contributed by atoms with E-state index in [4.69, 9.17) is 9.47 Å². The maximum absolute atomic E-state index is 13.8. The smallest absolute Gasteiger partial charge is 0.341 e. The van der Waals surface area contributed by atoms with E-state index < -0.39 is 23.8 Å². The molecule has 0 saturated heterocycles. The Morgan fingerprint density at radius 3 is 2.42 bits per heavy atom. The summed E-state index contributed by atoms with van der Waals surface area (Å²) in [4.78, 5) is 24.0. The number of carbonyl (C=O) groups is 2. The number of esters is 1. The summed E-state index contributed by atoms with van der Waals surface area (Å²) in [6.07, 6.45) is -0.586. The number of ether oxygens (including phenoxy) is 2. The average Bonchev–Trinajstić information content (AvgIpc) is 2.62. The van der Waals surface area contributed by atoms with Crippen LogP contribution < -0.4 is 10.1 Å². The molecule has 2 aromatic carbocycles. The zero-order valence-electron chi connectivity index (χ0n) is 14.4. The first-order valence-electron chi connectivity index (χ1n) is 7.97. The van der Waals surface area contributed by atoms with Crippen molar-refractivity contribution in [3.05, 3.63) is 65.2 Å². The highest BCUT2D eigenvalue weighted by Gasteiger charge is 2.21. The summed E-state index contributed by atoms with van der Waals surface area (Å²) in [6, 6.07) is 9.64. The van der Waals surface area contributed by atoms with Crippen LogP contribution in [-0.2, 0) is 16.0 Å². The molecule has 1 amide bonds. The molecule has 0 heterocycles. The highest BCUT2D eigenvalue weighted by molar-refractivity contribution is 5.92. The van der Waals surface area contributed by atoms with Crippen LogP contribution in [0.1, 0.15) is 22.8 Å². The third kappa shape index (κ3) is 5.27. The second-order valence-corrected chi connectivity index (χ2v) is 5.56. The Bertz CT molecular complexity index is 778. The van der Waals surface area contributed by atoms with E-state index in [1.54, 1.807) is 12.1 Å². The summed E-state index contributed by atoms with van der Waals surface area (Å²) in [5.74, 6) is -2.30. The van der Waals surface area contributed by atoms with Crippen LogP contribution in [0, 0.1) is 11.6 Å². The SMILES string of the molecule is COc1ccc(C(=O)OC(C)C(=O)NCCc2ccc(F)cc2)c(F)c1. The van der Waals surface area contributed by atoms with Crippen molar-refractivity contribution in [2.75, 3.05) is 13.7 Å². The van der Waals surface area contributed by atoms with Gasteiger partial charge in [-0.05, 0) is 43.2 Å². The summed E-state index contributed by atoms with van der Waals surface area (Å²) in [5.41, 5.74) is 0.577. The maximum atomic E-state index is 13.8. The lowest BCUT2D eigenvalue weighted by Gasteiger charge is -2.14. The summed E-state index contributed by atoms with van der Waals surface area (Å²) >= 11 is 0. The van der Waals surface area contributed by atoms with Gasteiger partial charge in [-0.3, -0.25) is 4.79 Å². The second kappa shape index (κ2) is 8.94. The Morgan fingerprint density at radius 1 is 1.12 bits per heavy atom. The van der Waals surface area contributed by atoms with Crippen molar-refractivity contribution in [2.24, 2.45) is 0 Å². The zero-order valence-corrected chi connectivity index (χ0v) is 14.4. The minimum Gasteiger partial charge on any atom is -0.497 e. The van der Waals surface area contributed by atoms with Gasteiger partial charge >= 0.3 is 5.97 Å². The zero-order chi connectivity index (χ0) is 19.1. The molecule has 1 unspecified atom stereocenters. The molecule has 1 N–H and O–H groups in total. The number of hydrogen-bond acceptors (Lipinski definition) is 4. The van der Waals surface area contributed by atoms with Crippen LogP contribution >= 0.6 is 0 Å². The van der Waals surface area contributed by atoms with Gasteiger partial charge in [0.2, 0.25) is 0 Å². The number of benzene rings is 2. The number of nitrogens with one attached hydrogen (secondary N) is 1. The molecule has 26 heavy (non-hydrogen) atoms. The van der Waals surface area contributed by atoms with Crippen LogP contribution in [0.2, 0.25) is 0 Å². The van der Waals surface area contributed by atoms with E-state index in [0.717, 1.165) is 11.6 Å². The molecular weight excluding hydrogens is 344 g/mol. The molecule has 2 aromatic rings. The highest BCUT2D eigenvalue weighted by Crippen LogP contribution is 2.17. The molecule has 0 bridgehead atoms. The summed E-state index contributed by atoms with van der Waals surface area (Å²) < 4.78 is 36.5. The van der Waals surface area contributed by atoms with E-state index in [0.29, 0.717) is 13.0 Å². The topological polar surface area (TPSA) is 64.6 Å². The molecule has 0 spiro atoms. The lowest BCUT2D eigenvalue weighted by atomic mass is 10.1. The van der Waals surface area contributed by atoms with E-state index in [1.165, 1.54) is 38.3 Å². The quantitative estimate of drug-likeness (QED) is 0.769. The van der Waals surface area contributed by atoms with E-state index in [1.807, 2.05) is 0 Å². The number of methoxy groups -OCH3 is 1. The number of halogens is 2. The Balaban J connectivity index is 1.84. The molecule has 5 nitrogen and oxygen atoms in total. The van der Waals surface area contributed by atoms with Gasteiger partial charge in [0, 0.05) is 12.6 Å². The van der Waals surface area contributed by atoms with Crippen LogP contribution in [0.4, 0.5) is 8.78 Å². The third-order valence-electron chi connectivity index (χ3n) is 3.68. The average molecular weight is 363 g/mol. The van der Waals surface area contributed by atoms with Crippen molar-refractivity contribution in [1.82, 2.24) is 5.32 Å². The van der Waals surface area contributed by atoms with Gasteiger partial charge in [0.05, 0.1) is 12.7 Å². The molecule has 7 heteroatoms. The summed E-state index contributed by atoms with van der Waals surface area (Å²) in [5, 5.41) is 2.61. The van der Waals surface area contributed by atoms with Crippen LogP contribution in [0.3, 0.4) is 0 Å². The Hall–Kier alpha value is -2.96. The maximum Gasteiger partial charge on any atom is 0.341 e. The number of amides is 1. The molecule has 138 valence electrons. The highest BCUT2D eigenvalue weighted by atomic mass is 19.1. The molecular formula is C19H19F2NO4. The molecule has 2 rings (SSSR count). The summed E-state index contributed by atoms with van der Waals surface area (Å²) in [6.45, 7) is 1.69. The lowest BCUT2D eigenvalue weighted by Crippen LogP contribution is -2.37. The van der Waals surface area contributed by atoms with Gasteiger partial charge in [0.15, 0.2) is 6.10 Å². The van der Waals surface area contributed by atoms with Gasteiger partial charge in [-0.1, -0.05) is 12.1 Å². The van der Waals surface area contributed by atoms with E-state index in [9.17, 15) is 18.4 Å². The van der Waals surface area contributed by atoms with Crippen molar-refractivity contribution in [1.29, 1.82) is 0 Å². The third-order valence-corrected chi connectivity index (χ3v) is 3.68. The van der Waals surface area contributed by atoms with Gasteiger partial charge in [-0.2, -0.15) is 0 Å². The largest absolute Gasteiger partial charge is 0.497 e. The second-order valence-electron chi connectivity index (χ2n) is 5.56. The molecule has 0 fully saturated rings. The normalized spacial score (nSPS) is 11.5. The molecule has 0 aliphatic heterocycles. The van der Waals surface area contributed by atoms with E-state index in [2.05, 4.69) is 5.32 Å². The molecule has 1 atom stereocenters. The van der Waals surface area contributed by atoms with Crippen LogP contribution in [-0.4, -0.2) is 31.6 Å². The molecule has 0 radical (unpaired) electrons. The first kappa shape index (κ1) is 19.4. The van der Waals surface area contributed by atoms with Gasteiger partial charge < -0.3 is 14.8 Å². The van der Waals surface area contributed by atoms with Crippen LogP contribution in [0.15, 0.2) is 42.5 Å². The molecule has 0 aromatic heterocycles. The van der Waals surface area contributed by atoms with Crippen LogP contribution in [0.5, 0.6) is 5.75 Å². The van der Waals surface area contributed by atoms with Gasteiger partial charge in [-0.15, -0.1) is 0 Å². The Labute approximate surface area is 149 Å². The number of carbonyl (C=O) groups excluding carboxylic acids is 2. The van der Waals surface area contributed by atoms with Crippen molar-refractivity contribution < 1.29 is 27.8 Å². The lowest BCUT2D eigenvalue weighted by molar-refractivity contribution is -0.129. The van der Waals surface area contributed by atoms with E-state index in [-0.39, 0.29) is 17.1 Å². The predicted molar refractivity (Wildman–Crippen MR) is 90.9 cm³/mol. The minimum atomic E-state index is -1.09. The van der Waals surface area contributed by atoms with Crippen molar-refractivity contribution in [3.8, 4) is 5.75 Å².